The van der Waals surface area contributed by atoms with Gasteiger partial charge in [0.05, 0.1) is 9.79 Å². The largest absolute Gasteiger partial charge is 0.322 e. The number of nitrogens with one attached hydrogen (secondary N) is 2. The van der Waals surface area contributed by atoms with Crippen LogP contribution in [0.2, 0.25) is 0 Å². The fraction of sp³-hybridized carbons (Fsp3) is 0.0714. The SMILES string of the molecule is CS(=O)(=O)c1ccc(C(=O)Nc2ccc(-c3ccc(NC(=O)c4ccc(S(C)(=O)=O)cc4)cc3)cc2)cc1. The number of rotatable bonds is 7. The third-order valence-corrected chi connectivity index (χ3v) is 7.97. The molecule has 2 amide bonds. The van der Waals surface area contributed by atoms with Crippen LogP contribution in [0.25, 0.3) is 11.1 Å². The van der Waals surface area contributed by atoms with Crippen molar-refractivity contribution in [3.05, 3.63) is 108 Å². The molecule has 0 saturated heterocycles. The first-order valence-corrected chi connectivity index (χ1v) is 15.1. The van der Waals surface area contributed by atoms with Gasteiger partial charge in [0.15, 0.2) is 19.7 Å². The van der Waals surface area contributed by atoms with Crippen LogP contribution >= 0.6 is 0 Å². The molecule has 4 rings (SSSR count). The van der Waals surface area contributed by atoms with Gasteiger partial charge < -0.3 is 10.6 Å². The molecule has 0 aliphatic carbocycles. The molecule has 10 heteroatoms. The molecule has 0 bridgehead atoms. The molecule has 0 heterocycles. The van der Waals surface area contributed by atoms with Crippen molar-refractivity contribution in [1.29, 1.82) is 0 Å². The van der Waals surface area contributed by atoms with E-state index < -0.39 is 19.7 Å². The molecule has 38 heavy (non-hydrogen) atoms. The van der Waals surface area contributed by atoms with Crippen LogP contribution in [0, 0.1) is 0 Å². The third kappa shape index (κ3) is 6.53. The summed E-state index contributed by atoms with van der Waals surface area (Å²) in [6.45, 7) is 0. The van der Waals surface area contributed by atoms with Crippen molar-refractivity contribution in [2.75, 3.05) is 23.1 Å². The number of benzene rings is 4. The first-order chi connectivity index (χ1) is 17.9. The first kappa shape index (κ1) is 26.8. The van der Waals surface area contributed by atoms with Crippen LogP contribution in [0.1, 0.15) is 20.7 Å². The maximum Gasteiger partial charge on any atom is 0.255 e. The average Bonchev–Trinajstić information content (AvgIpc) is 2.89. The molecule has 0 aliphatic rings. The molecule has 0 fully saturated rings. The molecule has 4 aromatic carbocycles. The summed E-state index contributed by atoms with van der Waals surface area (Å²) in [4.78, 5) is 25.3. The highest BCUT2D eigenvalue weighted by atomic mass is 32.2. The summed E-state index contributed by atoms with van der Waals surface area (Å²) in [7, 11) is -6.67. The van der Waals surface area contributed by atoms with Crippen molar-refractivity contribution in [1.82, 2.24) is 0 Å². The van der Waals surface area contributed by atoms with Gasteiger partial charge in [0.25, 0.3) is 11.8 Å². The van der Waals surface area contributed by atoms with Crippen LogP contribution in [-0.2, 0) is 19.7 Å². The van der Waals surface area contributed by atoms with Gasteiger partial charge in [-0.1, -0.05) is 24.3 Å². The minimum absolute atomic E-state index is 0.146. The molecule has 0 atom stereocenters. The van der Waals surface area contributed by atoms with Gasteiger partial charge in [0.2, 0.25) is 0 Å². The van der Waals surface area contributed by atoms with Gasteiger partial charge in [-0.15, -0.1) is 0 Å². The zero-order chi connectivity index (χ0) is 27.5. The highest BCUT2D eigenvalue weighted by Crippen LogP contribution is 2.24. The van der Waals surface area contributed by atoms with E-state index in [1.807, 2.05) is 24.3 Å². The molecule has 0 aromatic heterocycles. The Morgan fingerprint density at radius 2 is 0.763 bits per heavy atom. The number of carbonyl (C=O) groups is 2. The second-order valence-corrected chi connectivity index (χ2v) is 12.7. The van der Waals surface area contributed by atoms with E-state index in [1.54, 1.807) is 24.3 Å². The van der Waals surface area contributed by atoms with Gasteiger partial charge in [0, 0.05) is 35.0 Å². The summed E-state index contributed by atoms with van der Waals surface area (Å²) in [5.74, 6) is -0.715. The van der Waals surface area contributed by atoms with Gasteiger partial charge in [-0.3, -0.25) is 9.59 Å². The molecule has 0 aliphatic heterocycles. The third-order valence-electron chi connectivity index (χ3n) is 5.71. The Morgan fingerprint density at radius 1 is 0.474 bits per heavy atom. The number of sulfone groups is 2. The predicted octanol–water partition coefficient (Wildman–Crippen LogP) is 4.67. The van der Waals surface area contributed by atoms with Crippen LogP contribution in [-0.4, -0.2) is 41.2 Å². The molecule has 2 N–H and O–H groups in total. The van der Waals surface area contributed by atoms with E-state index in [4.69, 9.17) is 0 Å². The van der Waals surface area contributed by atoms with E-state index in [0.717, 1.165) is 23.6 Å². The molecule has 194 valence electrons. The number of anilines is 2. The summed E-state index contributed by atoms with van der Waals surface area (Å²) >= 11 is 0. The van der Waals surface area contributed by atoms with E-state index in [0.29, 0.717) is 22.5 Å². The average molecular weight is 549 g/mol. The van der Waals surface area contributed by atoms with Crippen molar-refractivity contribution >= 4 is 42.9 Å². The minimum Gasteiger partial charge on any atom is -0.322 e. The summed E-state index contributed by atoms with van der Waals surface area (Å²) < 4.78 is 46.3. The van der Waals surface area contributed by atoms with Gasteiger partial charge in [-0.2, -0.15) is 0 Å². The smallest absolute Gasteiger partial charge is 0.255 e. The standard InChI is InChI=1S/C28H24N2O6S2/c1-37(33,34)25-15-7-21(8-16-25)27(31)29-23-11-3-19(4-12-23)20-5-13-24(14-6-20)30-28(32)22-9-17-26(18-10-22)38(2,35)36/h3-18H,1-2H3,(H,29,31)(H,30,32). The monoisotopic (exact) mass is 548 g/mol. The zero-order valence-corrected chi connectivity index (χ0v) is 22.1. The Kier molecular flexibility index (Phi) is 7.47. The second-order valence-electron chi connectivity index (χ2n) is 8.66. The molecule has 0 radical (unpaired) electrons. The predicted molar refractivity (Wildman–Crippen MR) is 147 cm³/mol. The van der Waals surface area contributed by atoms with E-state index >= 15 is 0 Å². The Hall–Kier alpha value is -4.28. The summed E-state index contributed by atoms with van der Waals surface area (Å²) in [6, 6.07) is 25.9. The lowest BCUT2D eigenvalue weighted by Crippen LogP contribution is -2.12. The van der Waals surface area contributed by atoms with Gasteiger partial charge in [0.1, 0.15) is 0 Å². The molecular weight excluding hydrogens is 524 g/mol. The summed E-state index contributed by atoms with van der Waals surface area (Å²) in [5.41, 5.74) is 3.63. The van der Waals surface area contributed by atoms with Gasteiger partial charge >= 0.3 is 0 Å². The molecule has 0 saturated carbocycles. The molecular formula is C28H24N2O6S2. The number of amides is 2. The lowest BCUT2D eigenvalue weighted by molar-refractivity contribution is 0.101. The minimum atomic E-state index is -3.33. The van der Waals surface area contributed by atoms with Crippen LogP contribution in [0.4, 0.5) is 11.4 Å². The van der Waals surface area contributed by atoms with Crippen molar-refractivity contribution in [3.8, 4) is 11.1 Å². The van der Waals surface area contributed by atoms with Crippen LogP contribution in [0.15, 0.2) is 107 Å². The van der Waals surface area contributed by atoms with E-state index in [1.165, 1.54) is 48.5 Å². The van der Waals surface area contributed by atoms with Crippen LogP contribution in [0.5, 0.6) is 0 Å². The van der Waals surface area contributed by atoms with Crippen molar-refractivity contribution in [3.63, 3.8) is 0 Å². The Morgan fingerprint density at radius 3 is 1.03 bits per heavy atom. The lowest BCUT2D eigenvalue weighted by atomic mass is 10.0. The molecule has 0 spiro atoms. The molecule has 8 nitrogen and oxygen atoms in total. The highest BCUT2D eigenvalue weighted by Gasteiger charge is 2.12. The quantitative estimate of drug-likeness (QED) is 0.346. The fourth-order valence-electron chi connectivity index (χ4n) is 3.61. The van der Waals surface area contributed by atoms with Gasteiger partial charge in [-0.25, -0.2) is 16.8 Å². The Balaban J connectivity index is 1.38. The zero-order valence-electron chi connectivity index (χ0n) is 20.5. The summed E-state index contributed by atoms with van der Waals surface area (Å²) in [6.07, 6.45) is 2.22. The van der Waals surface area contributed by atoms with E-state index in [-0.39, 0.29) is 21.6 Å². The lowest BCUT2D eigenvalue weighted by Gasteiger charge is -2.09. The normalized spacial score (nSPS) is 11.5. The number of hydrogen-bond acceptors (Lipinski definition) is 6. The van der Waals surface area contributed by atoms with Crippen LogP contribution in [0.3, 0.4) is 0 Å². The maximum absolute atomic E-state index is 12.5. The number of carbonyl (C=O) groups excluding carboxylic acids is 2. The number of hydrogen-bond donors (Lipinski definition) is 2. The van der Waals surface area contributed by atoms with Crippen LogP contribution < -0.4 is 10.6 Å². The molecule has 0 unspecified atom stereocenters. The Labute approximate surface area is 221 Å². The highest BCUT2D eigenvalue weighted by molar-refractivity contribution is 7.91. The summed E-state index contributed by atoms with van der Waals surface area (Å²) in [5, 5.41) is 5.57. The van der Waals surface area contributed by atoms with Crippen molar-refractivity contribution < 1.29 is 26.4 Å². The van der Waals surface area contributed by atoms with E-state index in [9.17, 15) is 26.4 Å². The second kappa shape index (κ2) is 10.6. The topological polar surface area (TPSA) is 126 Å². The van der Waals surface area contributed by atoms with Gasteiger partial charge in [-0.05, 0) is 83.9 Å². The molecule has 4 aromatic rings. The van der Waals surface area contributed by atoms with Crippen molar-refractivity contribution in [2.24, 2.45) is 0 Å². The fourth-order valence-corrected chi connectivity index (χ4v) is 4.87. The van der Waals surface area contributed by atoms with Crippen molar-refractivity contribution in [2.45, 2.75) is 9.79 Å². The first-order valence-electron chi connectivity index (χ1n) is 11.3. The van der Waals surface area contributed by atoms with E-state index in [2.05, 4.69) is 10.6 Å². The maximum atomic E-state index is 12.5. The Bertz CT molecular complexity index is 1560.